The van der Waals surface area contributed by atoms with E-state index in [0.717, 1.165) is 71.8 Å². The second kappa shape index (κ2) is 9.72. The highest BCUT2D eigenvalue weighted by Gasteiger charge is 2.21. The first kappa shape index (κ1) is 26.2. The standard InChI is InChI=1S/C44H29NO2/c1-26-18-20-38-35(22-26)36-23-27(2)19-21-39(36)45(38)40-16-9-15-33-37-25-29(24-34(43(37)47-44(33)40)28-10-4-3-5-11-28)30-13-8-14-32-31-12-6-7-17-41(31)46-42(30)32/h3-25H,1-2H3. The van der Waals surface area contributed by atoms with E-state index < -0.39 is 0 Å². The van der Waals surface area contributed by atoms with Gasteiger partial charge in [-0.2, -0.15) is 0 Å². The number of furan rings is 2. The SMILES string of the molecule is Cc1ccc2c(c1)c1cc(C)ccc1n2-c1cccc2c1oc1c(-c3ccccc3)cc(-c3cccc4c3oc3ccccc34)cc12. The van der Waals surface area contributed by atoms with Crippen LogP contribution in [0.3, 0.4) is 0 Å². The molecule has 3 aromatic heterocycles. The van der Waals surface area contributed by atoms with Crippen LogP contribution in [-0.2, 0) is 0 Å². The minimum absolute atomic E-state index is 0.874. The van der Waals surface area contributed by atoms with Crippen molar-refractivity contribution >= 4 is 65.7 Å². The Kier molecular flexibility index (Phi) is 5.41. The maximum absolute atomic E-state index is 7.02. The molecule has 3 heteroatoms. The number of aromatic nitrogens is 1. The minimum Gasteiger partial charge on any atom is -0.455 e. The molecule has 0 aliphatic carbocycles. The molecule has 0 amide bonds. The summed E-state index contributed by atoms with van der Waals surface area (Å²) in [5, 5.41) is 6.92. The van der Waals surface area contributed by atoms with E-state index in [1.807, 2.05) is 12.1 Å². The van der Waals surface area contributed by atoms with Gasteiger partial charge in [-0.3, -0.25) is 0 Å². The van der Waals surface area contributed by atoms with Crippen LogP contribution >= 0.6 is 0 Å². The van der Waals surface area contributed by atoms with Crippen LogP contribution in [0, 0.1) is 13.8 Å². The molecule has 3 nitrogen and oxygen atoms in total. The molecule has 0 atom stereocenters. The highest BCUT2D eigenvalue weighted by molar-refractivity contribution is 6.17. The van der Waals surface area contributed by atoms with Gasteiger partial charge in [0, 0.05) is 43.4 Å². The van der Waals surface area contributed by atoms with Gasteiger partial charge in [0.05, 0.1) is 16.7 Å². The molecule has 0 spiro atoms. The molecular formula is C44H29NO2. The molecule has 0 bridgehead atoms. The predicted molar refractivity (Wildman–Crippen MR) is 196 cm³/mol. The van der Waals surface area contributed by atoms with Crippen molar-refractivity contribution in [2.24, 2.45) is 0 Å². The van der Waals surface area contributed by atoms with Gasteiger partial charge in [0.1, 0.15) is 16.7 Å². The molecule has 10 aromatic rings. The van der Waals surface area contributed by atoms with Crippen molar-refractivity contribution < 1.29 is 8.83 Å². The third-order valence-corrected chi connectivity index (χ3v) is 9.69. The molecule has 0 unspecified atom stereocenters. The van der Waals surface area contributed by atoms with Gasteiger partial charge in [-0.25, -0.2) is 0 Å². The minimum atomic E-state index is 0.874. The normalized spacial score (nSPS) is 12.0. The van der Waals surface area contributed by atoms with E-state index in [1.165, 1.54) is 32.9 Å². The summed E-state index contributed by atoms with van der Waals surface area (Å²) in [7, 11) is 0. The zero-order valence-corrected chi connectivity index (χ0v) is 26.0. The lowest BCUT2D eigenvalue weighted by Gasteiger charge is -2.09. The van der Waals surface area contributed by atoms with E-state index in [9.17, 15) is 0 Å². The van der Waals surface area contributed by atoms with Crippen LogP contribution in [0.5, 0.6) is 0 Å². The lowest BCUT2D eigenvalue weighted by molar-refractivity contribution is 0.667. The average Bonchev–Trinajstić information content (AvgIpc) is 3.77. The zero-order valence-electron chi connectivity index (χ0n) is 26.0. The lowest BCUT2D eigenvalue weighted by Crippen LogP contribution is -1.94. The highest BCUT2D eigenvalue weighted by Crippen LogP contribution is 2.44. The third-order valence-electron chi connectivity index (χ3n) is 9.69. The van der Waals surface area contributed by atoms with Crippen LogP contribution in [0.2, 0.25) is 0 Å². The summed E-state index contributed by atoms with van der Waals surface area (Å²) in [5.74, 6) is 0. The summed E-state index contributed by atoms with van der Waals surface area (Å²) in [6, 6.07) is 49.8. The zero-order chi connectivity index (χ0) is 31.2. The first-order chi connectivity index (χ1) is 23.1. The van der Waals surface area contributed by atoms with Crippen molar-refractivity contribution in [2.45, 2.75) is 13.8 Å². The van der Waals surface area contributed by atoms with Gasteiger partial charge in [0.15, 0.2) is 5.58 Å². The molecule has 0 saturated carbocycles. The van der Waals surface area contributed by atoms with Gasteiger partial charge in [0.25, 0.3) is 0 Å². The van der Waals surface area contributed by atoms with Crippen LogP contribution in [0.4, 0.5) is 0 Å². The Balaban J connectivity index is 1.31. The summed E-state index contributed by atoms with van der Waals surface area (Å²) < 4.78 is 15.9. The molecule has 0 fully saturated rings. The number of hydrogen-bond donors (Lipinski definition) is 0. The Hall–Kier alpha value is -6.06. The monoisotopic (exact) mass is 603 g/mol. The van der Waals surface area contributed by atoms with Gasteiger partial charge < -0.3 is 13.4 Å². The average molecular weight is 604 g/mol. The van der Waals surface area contributed by atoms with Crippen LogP contribution < -0.4 is 0 Å². The summed E-state index contributed by atoms with van der Waals surface area (Å²) in [6.07, 6.45) is 0. The summed E-state index contributed by atoms with van der Waals surface area (Å²) in [4.78, 5) is 0. The Morgan fingerprint density at radius 3 is 1.81 bits per heavy atom. The van der Waals surface area contributed by atoms with Crippen molar-refractivity contribution in [3.8, 4) is 27.9 Å². The van der Waals surface area contributed by atoms with E-state index in [1.54, 1.807) is 0 Å². The van der Waals surface area contributed by atoms with Crippen LogP contribution in [0.15, 0.2) is 148 Å². The number of hydrogen-bond acceptors (Lipinski definition) is 2. The molecule has 0 aliphatic rings. The second-order valence-corrected chi connectivity index (χ2v) is 12.7. The highest BCUT2D eigenvalue weighted by atomic mass is 16.3. The summed E-state index contributed by atoms with van der Waals surface area (Å²) in [5.41, 5.74) is 13.8. The first-order valence-corrected chi connectivity index (χ1v) is 16.1. The van der Waals surface area contributed by atoms with Crippen molar-refractivity contribution in [3.63, 3.8) is 0 Å². The molecule has 3 heterocycles. The Morgan fingerprint density at radius 2 is 1.04 bits per heavy atom. The summed E-state index contributed by atoms with van der Waals surface area (Å²) in [6.45, 7) is 4.32. The molecule has 222 valence electrons. The van der Waals surface area contributed by atoms with E-state index in [-0.39, 0.29) is 0 Å². The van der Waals surface area contributed by atoms with Gasteiger partial charge in [-0.15, -0.1) is 0 Å². The molecule has 0 radical (unpaired) electrons. The fraction of sp³-hybridized carbons (Fsp3) is 0.0455. The van der Waals surface area contributed by atoms with Gasteiger partial charge >= 0.3 is 0 Å². The van der Waals surface area contributed by atoms with Crippen LogP contribution in [-0.4, -0.2) is 4.57 Å². The van der Waals surface area contributed by atoms with Crippen molar-refractivity contribution in [1.82, 2.24) is 4.57 Å². The maximum atomic E-state index is 7.02. The fourth-order valence-corrected chi connectivity index (χ4v) is 7.53. The molecule has 0 saturated heterocycles. The van der Waals surface area contributed by atoms with Crippen LogP contribution in [0.25, 0.3) is 93.6 Å². The van der Waals surface area contributed by atoms with Gasteiger partial charge in [-0.05, 0) is 73.5 Å². The number of nitrogens with zero attached hydrogens (tertiary/aromatic N) is 1. The number of aryl methyl sites for hydroxylation is 2. The molecule has 7 aromatic carbocycles. The Labute approximate surface area is 270 Å². The third kappa shape index (κ3) is 3.80. The molecule has 0 N–H and O–H groups in total. The quantitative estimate of drug-likeness (QED) is 0.201. The van der Waals surface area contributed by atoms with Crippen LogP contribution in [0.1, 0.15) is 11.1 Å². The number of para-hydroxylation sites is 3. The fourth-order valence-electron chi connectivity index (χ4n) is 7.53. The molecule has 0 aliphatic heterocycles. The predicted octanol–water partition coefficient (Wildman–Crippen LogP) is 12.5. The Bertz CT molecular complexity index is 2800. The van der Waals surface area contributed by atoms with Crippen molar-refractivity contribution in [3.05, 3.63) is 151 Å². The largest absolute Gasteiger partial charge is 0.455 e. The molecule has 10 rings (SSSR count). The lowest BCUT2D eigenvalue weighted by atomic mass is 9.95. The Morgan fingerprint density at radius 1 is 0.404 bits per heavy atom. The number of rotatable bonds is 3. The van der Waals surface area contributed by atoms with E-state index >= 15 is 0 Å². The second-order valence-electron chi connectivity index (χ2n) is 12.7. The van der Waals surface area contributed by atoms with E-state index in [2.05, 4.69) is 146 Å². The number of fused-ring (bicyclic) bond motifs is 9. The van der Waals surface area contributed by atoms with E-state index in [4.69, 9.17) is 8.83 Å². The topological polar surface area (TPSA) is 31.2 Å². The smallest absolute Gasteiger partial charge is 0.159 e. The maximum Gasteiger partial charge on any atom is 0.159 e. The van der Waals surface area contributed by atoms with Crippen molar-refractivity contribution in [2.75, 3.05) is 0 Å². The van der Waals surface area contributed by atoms with Gasteiger partial charge in [-0.1, -0.05) is 102 Å². The first-order valence-electron chi connectivity index (χ1n) is 16.1. The number of benzene rings is 7. The summed E-state index contributed by atoms with van der Waals surface area (Å²) >= 11 is 0. The van der Waals surface area contributed by atoms with Gasteiger partial charge in [0.2, 0.25) is 0 Å². The van der Waals surface area contributed by atoms with E-state index in [0.29, 0.717) is 0 Å². The molecular weight excluding hydrogens is 574 g/mol. The van der Waals surface area contributed by atoms with Crippen molar-refractivity contribution in [1.29, 1.82) is 0 Å². The molecule has 47 heavy (non-hydrogen) atoms.